The molecule has 2 fully saturated rings. The Bertz CT molecular complexity index is 1160. The predicted molar refractivity (Wildman–Crippen MR) is 146 cm³/mol. The van der Waals surface area contributed by atoms with Crippen LogP contribution < -0.4 is 4.90 Å². The van der Waals surface area contributed by atoms with Gasteiger partial charge < -0.3 is 9.64 Å². The number of hydrogen-bond acceptors (Lipinski definition) is 2. The summed E-state index contributed by atoms with van der Waals surface area (Å²) in [7, 11) is 0. The van der Waals surface area contributed by atoms with Gasteiger partial charge in [-0.25, -0.2) is 0 Å². The van der Waals surface area contributed by atoms with Crippen molar-refractivity contribution in [3.8, 4) is 0 Å². The molecule has 1 aromatic rings. The molecule has 0 spiro atoms. The molecule has 1 heterocycles. The Balaban J connectivity index is 1.27. The Morgan fingerprint density at radius 2 is 1.89 bits per heavy atom. The van der Waals surface area contributed by atoms with Gasteiger partial charge in [0.15, 0.2) is 0 Å². The van der Waals surface area contributed by atoms with Crippen LogP contribution in [0.25, 0.3) is 0 Å². The van der Waals surface area contributed by atoms with Crippen LogP contribution in [-0.2, 0) is 4.74 Å². The van der Waals surface area contributed by atoms with Crippen LogP contribution in [-0.4, -0.2) is 23.8 Å². The monoisotopic (exact) mass is 465 g/mol. The van der Waals surface area contributed by atoms with Gasteiger partial charge in [0, 0.05) is 11.1 Å². The Hall–Kier alpha value is -2.58. The average molecular weight is 466 g/mol. The first kappa shape index (κ1) is 22.9. The molecular weight excluding hydrogens is 426 g/mol. The maximum Gasteiger partial charge on any atom is 0.0833 e. The highest BCUT2D eigenvalue weighted by atomic mass is 16.5. The molecule has 0 bridgehead atoms. The lowest BCUT2D eigenvalue weighted by molar-refractivity contribution is -0.00455. The fourth-order valence-electron chi connectivity index (χ4n) is 7.15. The third-order valence-electron chi connectivity index (χ3n) is 9.17. The van der Waals surface area contributed by atoms with Gasteiger partial charge in [-0.3, -0.25) is 0 Å². The van der Waals surface area contributed by atoms with Gasteiger partial charge in [-0.2, -0.15) is 0 Å². The molecule has 35 heavy (non-hydrogen) atoms. The summed E-state index contributed by atoms with van der Waals surface area (Å²) in [5.41, 5.74) is 7.23. The zero-order valence-corrected chi connectivity index (χ0v) is 21.5. The van der Waals surface area contributed by atoms with Crippen LogP contribution in [0.3, 0.4) is 0 Å². The van der Waals surface area contributed by atoms with E-state index in [1.807, 2.05) is 0 Å². The second kappa shape index (κ2) is 8.82. The van der Waals surface area contributed by atoms with Crippen molar-refractivity contribution < 1.29 is 4.74 Å². The maximum absolute atomic E-state index is 6.53. The van der Waals surface area contributed by atoms with E-state index < -0.39 is 0 Å². The second-order valence-corrected chi connectivity index (χ2v) is 11.7. The number of benzene rings is 1. The number of para-hydroxylation sites is 1. The molecule has 1 saturated heterocycles. The zero-order chi connectivity index (χ0) is 24.0. The summed E-state index contributed by atoms with van der Waals surface area (Å²) in [6.45, 7) is 7.10. The average Bonchev–Trinajstić information content (AvgIpc) is 3.17. The van der Waals surface area contributed by atoms with Crippen LogP contribution >= 0.6 is 0 Å². The van der Waals surface area contributed by atoms with Gasteiger partial charge >= 0.3 is 0 Å². The van der Waals surface area contributed by atoms with E-state index >= 15 is 0 Å². The molecular formula is C33H39NO. The molecule has 2 nitrogen and oxygen atoms in total. The minimum absolute atomic E-state index is 0.0701. The number of hydrogen-bond donors (Lipinski definition) is 0. The standard InChI is InChI=1S/C33H39NO/c1-24-10-9-13-28(22-24)34(27-11-5-4-6-12-27)32(2)20-17-25(18-21-32)26-15-16-30-29(23-26)33(3)19-8-7-14-31(33)35-30/h4-6,9-13,15,17-18,20,23,28,30-31H,7-8,14,16,19,21-22H2,1-3H3/t28-,30?,31?,32?,33?/m0/s1. The summed E-state index contributed by atoms with van der Waals surface area (Å²) in [5.74, 6) is 0. The normalized spacial score (nSPS) is 35.9. The lowest BCUT2D eigenvalue weighted by atomic mass is 9.67. The van der Waals surface area contributed by atoms with Crippen molar-refractivity contribution in [2.24, 2.45) is 5.41 Å². The van der Waals surface area contributed by atoms with E-state index in [0.29, 0.717) is 18.2 Å². The molecule has 1 aliphatic heterocycles. The van der Waals surface area contributed by atoms with Gasteiger partial charge in [0.25, 0.3) is 0 Å². The summed E-state index contributed by atoms with van der Waals surface area (Å²) in [6, 6.07) is 11.3. The first-order valence-corrected chi connectivity index (χ1v) is 13.6. The summed E-state index contributed by atoms with van der Waals surface area (Å²) in [4.78, 5) is 2.63. The van der Waals surface area contributed by atoms with Gasteiger partial charge in [-0.1, -0.05) is 92.1 Å². The van der Waals surface area contributed by atoms with Crippen LogP contribution in [0.1, 0.15) is 65.7 Å². The number of fused-ring (bicyclic) bond motifs is 3. The van der Waals surface area contributed by atoms with Crippen LogP contribution in [0, 0.1) is 5.41 Å². The van der Waals surface area contributed by atoms with Crippen LogP contribution in [0.2, 0.25) is 0 Å². The SMILES string of the molecule is CC1=CC=C[C@H](N(c2ccccc2)C2(C)C=CC(C3=CCC4OC5CCCCC5(C)C4=C3)=CC2)C1. The highest BCUT2D eigenvalue weighted by Crippen LogP contribution is 2.53. The highest BCUT2D eigenvalue weighted by Gasteiger charge is 2.50. The summed E-state index contributed by atoms with van der Waals surface area (Å²) in [6.07, 6.45) is 28.0. The quantitative estimate of drug-likeness (QED) is 0.446. The van der Waals surface area contributed by atoms with Gasteiger partial charge in [0.05, 0.1) is 23.8 Å². The van der Waals surface area contributed by atoms with Crippen molar-refractivity contribution in [2.75, 3.05) is 4.90 Å². The molecule has 0 aromatic heterocycles. The van der Waals surface area contributed by atoms with E-state index in [-0.39, 0.29) is 11.0 Å². The van der Waals surface area contributed by atoms with E-state index in [9.17, 15) is 0 Å². The summed E-state index contributed by atoms with van der Waals surface area (Å²) < 4.78 is 6.53. The van der Waals surface area contributed by atoms with Crippen molar-refractivity contribution in [1.82, 2.24) is 0 Å². The molecule has 1 aromatic carbocycles. The van der Waals surface area contributed by atoms with Gasteiger partial charge in [0.1, 0.15) is 0 Å². The third-order valence-corrected chi connectivity index (χ3v) is 9.17. The topological polar surface area (TPSA) is 12.5 Å². The Kier molecular flexibility index (Phi) is 5.76. The molecule has 182 valence electrons. The molecule has 0 N–H and O–H groups in total. The summed E-state index contributed by atoms with van der Waals surface area (Å²) >= 11 is 0. The van der Waals surface area contributed by atoms with Crippen molar-refractivity contribution in [3.63, 3.8) is 0 Å². The number of anilines is 1. The van der Waals surface area contributed by atoms with E-state index in [0.717, 1.165) is 19.3 Å². The maximum atomic E-state index is 6.53. The molecule has 6 rings (SSSR count). The van der Waals surface area contributed by atoms with E-state index in [1.54, 1.807) is 5.57 Å². The third kappa shape index (κ3) is 4.00. The lowest BCUT2D eigenvalue weighted by Crippen LogP contribution is -2.51. The predicted octanol–water partition coefficient (Wildman–Crippen LogP) is 8.02. The molecule has 4 unspecified atom stereocenters. The molecule has 5 aliphatic rings. The summed E-state index contributed by atoms with van der Waals surface area (Å²) in [5, 5.41) is 0. The fourth-order valence-corrected chi connectivity index (χ4v) is 7.15. The minimum Gasteiger partial charge on any atom is -0.369 e. The van der Waals surface area contributed by atoms with Gasteiger partial charge in [-0.05, 0) is 74.8 Å². The van der Waals surface area contributed by atoms with Gasteiger partial charge in [-0.15, -0.1) is 0 Å². The first-order valence-electron chi connectivity index (χ1n) is 13.6. The smallest absolute Gasteiger partial charge is 0.0833 e. The van der Waals surface area contributed by atoms with Crippen molar-refractivity contribution in [3.05, 3.63) is 101 Å². The number of ether oxygens (including phenoxy) is 1. The lowest BCUT2D eigenvalue weighted by Gasteiger charge is -2.47. The number of allylic oxidation sites excluding steroid dienone is 6. The van der Waals surface area contributed by atoms with Gasteiger partial charge in [0.2, 0.25) is 0 Å². The molecule has 0 radical (unpaired) electrons. The number of rotatable bonds is 4. The Morgan fingerprint density at radius 3 is 2.66 bits per heavy atom. The van der Waals surface area contributed by atoms with E-state index in [1.165, 1.54) is 48.1 Å². The van der Waals surface area contributed by atoms with Crippen molar-refractivity contribution in [2.45, 2.75) is 89.5 Å². The minimum atomic E-state index is -0.0701. The van der Waals surface area contributed by atoms with Crippen LogP contribution in [0.15, 0.2) is 101 Å². The fraction of sp³-hybridized carbons (Fsp3) is 0.455. The van der Waals surface area contributed by atoms with Crippen LogP contribution in [0.4, 0.5) is 5.69 Å². The highest BCUT2D eigenvalue weighted by molar-refractivity contribution is 5.58. The van der Waals surface area contributed by atoms with E-state index in [2.05, 4.69) is 105 Å². The molecule has 2 heteroatoms. The molecule has 1 saturated carbocycles. The molecule has 5 atom stereocenters. The second-order valence-electron chi connectivity index (χ2n) is 11.7. The van der Waals surface area contributed by atoms with Crippen molar-refractivity contribution in [1.29, 1.82) is 0 Å². The Morgan fingerprint density at radius 1 is 1.03 bits per heavy atom. The van der Waals surface area contributed by atoms with Crippen LogP contribution in [0.5, 0.6) is 0 Å². The first-order chi connectivity index (χ1) is 17.0. The zero-order valence-electron chi connectivity index (χ0n) is 21.5. The number of nitrogens with zero attached hydrogens (tertiary/aromatic N) is 1. The van der Waals surface area contributed by atoms with Crippen molar-refractivity contribution >= 4 is 5.69 Å². The Labute approximate surface area is 211 Å². The largest absolute Gasteiger partial charge is 0.369 e. The molecule has 4 aliphatic carbocycles. The molecule has 0 amide bonds. The van der Waals surface area contributed by atoms with E-state index in [4.69, 9.17) is 4.74 Å².